The molecule has 3 aromatic carbocycles. The Kier molecular flexibility index (Phi) is 3.20. The van der Waals surface area contributed by atoms with E-state index < -0.39 is 5.24 Å². The summed E-state index contributed by atoms with van der Waals surface area (Å²) in [6.07, 6.45) is 0. The van der Waals surface area contributed by atoms with Gasteiger partial charge in [-0.2, -0.15) is 0 Å². The molecule has 0 unspecified atom stereocenters. The van der Waals surface area contributed by atoms with E-state index >= 15 is 0 Å². The maximum atomic E-state index is 12.5. The van der Waals surface area contributed by atoms with Crippen molar-refractivity contribution in [1.29, 1.82) is 0 Å². The maximum Gasteiger partial charge on any atom is 0.252 e. The van der Waals surface area contributed by atoms with Gasteiger partial charge in [0.1, 0.15) is 0 Å². The highest BCUT2D eigenvalue weighted by molar-refractivity contribution is 6.67. The number of hydrogen-bond acceptors (Lipinski definition) is 2. The fourth-order valence-electron chi connectivity index (χ4n) is 2.25. The van der Waals surface area contributed by atoms with Crippen LogP contribution in [0.2, 0.25) is 5.02 Å². The minimum absolute atomic E-state index is 0.115. The SMILES string of the molecule is O=C(Cl)c1ccc2c(=O)c3cccc(Cl)c3ccc2c1. The van der Waals surface area contributed by atoms with Crippen LogP contribution < -0.4 is 5.43 Å². The lowest BCUT2D eigenvalue weighted by molar-refractivity contribution is 0.108. The summed E-state index contributed by atoms with van der Waals surface area (Å²) in [6, 6.07) is 13.6. The van der Waals surface area contributed by atoms with Crippen molar-refractivity contribution in [2.75, 3.05) is 0 Å². The Balaban J connectivity index is 2.53. The molecule has 0 aliphatic heterocycles. The molecule has 0 atom stereocenters. The van der Waals surface area contributed by atoms with Crippen LogP contribution in [0.4, 0.5) is 0 Å². The van der Waals surface area contributed by atoms with Crippen molar-refractivity contribution in [3.8, 4) is 0 Å². The number of benzene rings is 2. The van der Waals surface area contributed by atoms with Gasteiger partial charge in [-0.1, -0.05) is 35.9 Å². The lowest BCUT2D eigenvalue weighted by Crippen LogP contribution is -1.99. The summed E-state index contributed by atoms with van der Waals surface area (Å²) in [4.78, 5) is 23.8. The molecule has 4 heteroatoms. The molecule has 20 heavy (non-hydrogen) atoms. The predicted molar refractivity (Wildman–Crippen MR) is 82.9 cm³/mol. The number of carbonyl (C=O) groups excluding carboxylic acids is 1. The number of carbonyl (C=O) groups is 1. The van der Waals surface area contributed by atoms with E-state index in [-0.39, 0.29) is 5.43 Å². The van der Waals surface area contributed by atoms with Gasteiger partial charge in [0, 0.05) is 26.7 Å². The van der Waals surface area contributed by atoms with E-state index in [1.54, 1.807) is 48.5 Å². The lowest BCUT2D eigenvalue weighted by Gasteiger charge is -1.96. The third kappa shape index (κ3) is 2.07. The summed E-state index contributed by atoms with van der Waals surface area (Å²) in [5.41, 5.74) is 0.246. The average molecular weight is 303 g/mol. The molecule has 0 heterocycles. The number of rotatable bonds is 1. The van der Waals surface area contributed by atoms with E-state index in [2.05, 4.69) is 0 Å². The molecule has 0 N–H and O–H groups in total. The van der Waals surface area contributed by atoms with E-state index in [0.29, 0.717) is 32.1 Å². The molecule has 0 saturated heterocycles. The Morgan fingerprint density at radius 1 is 0.900 bits per heavy atom. The van der Waals surface area contributed by atoms with E-state index in [1.165, 1.54) is 0 Å². The highest BCUT2D eigenvalue weighted by Gasteiger charge is 2.07. The molecule has 0 amide bonds. The first-order valence-electron chi connectivity index (χ1n) is 5.93. The topological polar surface area (TPSA) is 34.1 Å². The Morgan fingerprint density at radius 2 is 1.65 bits per heavy atom. The molecule has 3 rings (SSSR count). The van der Waals surface area contributed by atoms with Gasteiger partial charge >= 0.3 is 0 Å². The van der Waals surface area contributed by atoms with Crippen molar-refractivity contribution in [2.45, 2.75) is 0 Å². The van der Waals surface area contributed by atoms with Gasteiger partial charge in [-0.25, -0.2) is 0 Å². The summed E-state index contributed by atoms with van der Waals surface area (Å²) in [7, 11) is 0. The van der Waals surface area contributed by atoms with Gasteiger partial charge in [0.15, 0.2) is 5.43 Å². The highest BCUT2D eigenvalue weighted by Crippen LogP contribution is 2.23. The smallest absolute Gasteiger partial charge is 0.252 e. The Morgan fingerprint density at radius 3 is 2.40 bits per heavy atom. The van der Waals surface area contributed by atoms with Crippen LogP contribution >= 0.6 is 23.2 Å². The highest BCUT2D eigenvalue weighted by atomic mass is 35.5. The van der Waals surface area contributed by atoms with Crippen LogP contribution in [-0.2, 0) is 0 Å². The zero-order valence-corrected chi connectivity index (χ0v) is 11.7. The maximum absolute atomic E-state index is 12.5. The van der Waals surface area contributed by atoms with Gasteiger partial charge in [-0.3, -0.25) is 9.59 Å². The van der Waals surface area contributed by atoms with Gasteiger partial charge < -0.3 is 0 Å². The Hall–Kier alpha value is -1.90. The summed E-state index contributed by atoms with van der Waals surface area (Å²) in [6.45, 7) is 0. The first-order chi connectivity index (χ1) is 9.58. The van der Waals surface area contributed by atoms with Crippen molar-refractivity contribution in [3.63, 3.8) is 0 Å². The van der Waals surface area contributed by atoms with Crippen LogP contribution in [0, 0.1) is 0 Å². The third-order valence-electron chi connectivity index (χ3n) is 3.25. The molecule has 0 bridgehead atoms. The van der Waals surface area contributed by atoms with Crippen LogP contribution in [0.5, 0.6) is 0 Å². The molecule has 0 radical (unpaired) electrons. The minimum Gasteiger partial charge on any atom is -0.289 e. The van der Waals surface area contributed by atoms with Crippen molar-refractivity contribution in [3.05, 3.63) is 69.3 Å². The summed E-state index contributed by atoms with van der Waals surface area (Å²) >= 11 is 11.6. The summed E-state index contributed by atoms with van der Waals surface area (Å²) in [5, 5.41) is 2.41. The zero-order chi connectivity index (χ0) is 14.3. The average Bonchev–Trinajstić information content (AvgIpc) is 2.57. The molecule has 0 fully saturated rings. The van der Waals surface area contributed by atoms with Crippen molar-refractivity contribution in [2.24, 2.45) is 0 Å². The normalized spacial score (nSPS) is 10.9. The van der Waals surface area contributed by atoms with Crippen LogP contribution in [0.3, 0.4) is 0 Å². The molecule has 3 aromatic rings. The second-order valence-electron chi connectivity index (χ2n) is 4.44. The van der Waals surface area contributed by atoms with Crippen LogP contribution in [-0.4, -0.2) is 5.24 Å². The largest absolute Gasteiger partial charge is 0.289 e. The van der Waals surface area contributed by atoms with Crippen molar-refractivity contribution in [1.82, 2.24) is 0 Å². The molecule has 0 aliphatic rings. The lowest BCUT2D eigenvalue weighted by atomic mass is 10.1. The first-order valence-corrected chi connectivity index (χ1v) is 6.68. The standard InChI is InChI=1S/C16H8Cl2O2/c17-14-3-1-2-13-12(14)7-4-9-8-10(16(18)20)5-6-11(9)15(13)19/h1-8H. The quantitative estimate of drug-likeness (QED) is 0.625. The van der Waals surface area contributed by atoms with Crippen LogP contribution in [0.15, 0.2) is 53.3 Å². The van der Waals surface area contributed by atoms with Gasteiger partial charge in [-0.05, 0) is 41.3 Å². The monoisotopic (exact) mass is 302 g/mol. The fraction of sp³-hybridized carbons (Fsp3) is 0. The molecule has 0 saturated carbocycles. The van der Waals surface area contributed by atoms with E-state index in [9.17, 15) is 9.59 Å². The van der Waals surface area contributed by atoms with Gasteiger partial charge in [0.25, 0.3) is 5.24 Å². The molecule has 2 nitrogen and oxygen atoms in total. The van der Waals surface area contributed by atoms with Gasteiger partial charge in [-0.15, -0.1) is 0 Å². The second kappa shape index (κ2) is 4.89. The molecule has 0 aromatic heterocycles. The molecular weight excluding hydrogens is 295 g/mol. The number of hydrogen-bond donors (Lipinski definition) is 0. The summed E-state index contributed by atoms with van der Waals surface area (Å²) in [5.74, 6) is 0. The Bertz CT molecular complexity index is 917. The predicted octanol–water partition coefficient (Wildman–Crippen LogP) is 4.39. The van der Waals surface area contributed by atoms with E-state index in [1.807, 2.05) is 0 Å². The summed E-state index contributed by atoms with van der Waals surface area (Å²) < 4.78 is 0. The molecule has 0 aliphatic carbocycles. The van der Waals surface area contributed by atoms with Gasteiger partial charge in [0.05, 0.1) is 0 Å². The molecular formula is C16H8Cl2O2. The third-order valence-corrected chi connectivity index (χ3v) is 3.80. The van der Waals surface area contributed by atoms with Gasteiger partial charge in [0.2, 0.25) is 0 Å². The van der Waals surface area contributed by atoms with E-state index in [0.717, 1.165) is 0 Å². The van der Waals surface area contributed by atoms with E-state index in [4.69, 9.17) is 23.2 Å². The number of fused-ring (bicyclic) bond motifs is 2. The van der Waals surface area contributed by atoms with Crippen LogP contribution in [0.25, 0.3) is 21.5 Å². The van der Waals surface area contributed by atoms with Crippen molar-refractivity contribution >= 4 is 50.0 Å². The van der Waals surface area contributed by atoms with Crippen LogP contribution in [0.1, 0.15) is 10.4 Å². The zero-order valence-electron chi connectivity index (χ0n) is 10.2. The minimum atomic E-state index is -0.548. The first kappa shape index (κ1) is 13.1. The van der Waals surface area contributed by atoms with Crippen molar-refractivity contribution < 1.29 is 4.79 Å². The molecule has 98 valence electrons. The fourth-order valence-corrected chi connectivity index (χ4v) is 2.61. The second-order valence-corrected chi connectivity index (χ2v) is 5.19. The molecule has 0 spiro atoms. The Labute approximate surface area is 124 Å². The number of halogens is 2.